The Balaban J connectivity index is 1.96. The number of rotatable bonds is 4. The monoisotopic (exact) mass is 436 g/mol. The fourth-order valence-electron chi connectivity index (χ4n) is 3.13. The minimum absolute atomic E-state index is 0.0300. The highest BCUT2D eigenvalue weighted by Crippen LogP contribution is 2.40. The Bertz CT molecular complexity index is 1070. The SMILES string of the molecule is Cc1ccc(Sc2c(C)nn(C(C)(C)C)c2OC(=O)c2ccc(C(C)(C)C)cc2)cc1. The van der Waals surface area contributed by atoms with Crippen LogP contribution in [-0.2, 0) is 11.0 Å². The van der Waals surface area contributed by atoms with Crippen LogP contribution in [0.15, 0.2) is 58.3 Å². The predicted molar refractivity (Wildman–Crippen MR) is 127 cm³/mol. The van der Waals surface area contributed by atoms with Crippen molar-refractivity contribution >= 4 is 17.7 Å². The van der Waals surface area contributed by atoms with Crippen molar-refractivity contribution in [3.05, 3.63) is 70.9 Å². The van der Waals surface area contributed by atoms with Gasteiger partial charge in [0, 0.05) is 4.90 Å². The molecule has 5 heteroatoms. The Morgan fingerprint density at radius 1 is 0.903 bits per heavy atom. The molecule has 1 aromatic heterocycles. The second kappa shape index (κ2) is 8.54. The second-order valence-corrected chi connectivity index (χ2v) is 11.0. The lowest BCUT2D eigenvalue weighted by Crippen LogP contribution is -2.25. The van der Waals surface area contributed by atoms with Crippen molar-refractivity contribution in [3.8, 4) is 5.88 Å². The topological polar surface area (TPSA) is 44.1 Å². The van der Waals surface area contributed by atoms with Gasteiger partial charge < -0.3 is 4.74 Å². The largest absolute Gasteiger partial charge is 0.403 e. The zero-order valence-electron chi connectivity index (χ0n) is 19.7. The van der Waals surface area contributed by atoms with E-state index in [1.807, 2.05) is 31.2 Å². The summed E-state index contributed by atoms with van der Waals surface area (Å²) in [5.74, 6) is 0.108. The summed E-state index contributed by atoms with van der Waals surface area (Å²) in [5.41, 5.74) is 3.45. The van der Waals surface area contributed by atoms with E-state index in [4.69, 9.17) is 9.84 Å². The van der Waals surface area contributed by atoms with Crippen LogP contribution in [0.1, 0.15) is 68.7 Å². The number of aryl methyl sites for hydroxylation is 2. The van der Waals surface area contributed by atoms with Gasteiger partial charge >= 0.3 is 5.97 Å². The molecule has 3 aromatic rings. The van der Waals surface area contributed by atoms with Crippen LogP contribution in [-0.4, -0.2) is 15.7 Å². The number of hydrogen-bond donors (Lipinski definition) is 0. The molecule has 164 valence electrons. The van der Waals surface area contributed by atoms with Crippen LogP contribution in [0.3, 0.4) is 0 Å². The zero-order chi connectivity index (χ0) is 23.0. The molecule has 0 saturated carbocycles. The Hall–Kier alpha value is -2.53. The van der Waals surface area contributed by atoms with Crippen LogP contribution < -0.4 is 4.74 Å². The van der Waals surface area contributed by atoms with Gasteiger partial charge in [0.2, 0.25) is 5.88 Å². The van der Waals surface area contributed by atoms with E-state index in [1.54, 1.807) is 16.4 Å². The molecule has 0 fully saturated rings. The number of esters is 1. The molecular weight excluding hydrogens is 404 g/mol. The van der Waals surface area contributed by atoms with Crippen LogP contribution in [0.2, 0.25) is 0 Å². The number of aromatic nitrogens is 2. The van der Waals surface area contributed by atoms with Crippen LogP contribution in [0.25, 0.3) is 0 Å². The molecule has 3 rings (SSSR count). The molecule has 0 atom stereocenters. The highest BCUT2D eigenvalue weighted by molar-refractivity contribution is 7.99. The van der Waals surface area contributed by atoms with E-state index in [9.17, 15) is 4.79 Å². The number of benzene rings is 2. The van der Waals surface area contributed by atoms with Gasteiger partial charge in [0.25, 0.3) is 0 Å². The van der Waals surface area contributed by atoms with Gasteiger partial charge in [-0.1, -0.05) is 62.4 Å². The first kappa shape index (κ1) is 23.1. The van der Waals surface area contributed by atoms with Crippen molar-refractivity contribution in [1.29, 1.82) is 0 Å². The molecule has 31 heavy (non-hydrogen) atoms. The molecule has 0 radical (unpaired) electrons. The van der Waals surface area contributed by atoms with Crippen molar-refractivity contribution < 1.29 is 9.53 Å². The summed E-state index contributed by atoms with van der Waals surface area (Å²) in [5, 5.41) is 4.71. The Morgan fingerprint density at radius 2 is 1.48 bits per heavy atom. The second-order valence-electron chi connectivity index (χ2n) is 9.93. The smallest absolute Gasteiger partial charge is 0.344 e. The fourth-order valence-corrected chi connectivity index (χ4v) is 4.04. The molecule has 2 aromatic carbocycles. The summed E-state index contributed by atoms with van der Waals surface area (Å²) in [4.78, 5) is 15.0. The number of carbonyl (C=O) groups excluding carboxylic acids is 1. The van der Waals surface area contributed by atoms with Gasteiger partial charge in [0.1, 0.15) is 0 Å². The van der Waals surface area contributed by atoms with Gasteiger partial charge in [-0.2, -0.15) is 5.10 Å². The molecule has 0 aliphatic heterocycles. The van der Waals surface area contributed by atoms with Gasteiger partial charge in [-0.15, -0.1) is 0 Å². The van der Waals surface area contributed by atoms with Gasteiger partial charge in [-0.25, -0.2) is 9.48 Å². The molecule has 0 unspecified atom stereocenters. The molecule has 0 N–H and O–H groups in total. The van der Waals surface area contributed by atoms with Crippen molar-refractivity contribution in [2.24, 2.45) is 0 Å². The molecule has 0 aliphatic carbocycles. The van der Waals surface area contributed by atoms with Crippen molar-refractivity contribution in [2.75, 3.05) is 0 Å². The highest BCUT2D eigenvalue weighted by Gasteiger charge is 2.28. The molecule has 0 bridgehead atoms. The Labute approximate surface area is 190 Å². The number of ether oxygens (including phenoxy) is 1. The molecule has 0 spiro atoms. The van der Waals surface area contributed by atoms with Crippen LogP contribution in [0.4, 0.5) is 0 Å². The van der Waals surface area contributed by atoms with Crippen LogP contribution >= 0.6 is 11.8 Å². The van der Waals surface area contributed by atoms with E-state index < -0.39 is 0 Å². The average molecular weight is 437 g/mol. The van der Waals surface area contributed by atoms with Crippen LogP contribution in [0.5, 0.6) is 5.88 Å². The Kier molecular flexibility index (Phi) is 6.38. The maximum atomic E-state index is 13.0. The van der Waals surface area contributed by atoms with E-state index in [2.05, 4.69) is 72.7 Å². The highest BCUT2D eigenvalue weighted by atomic mass is 32.2. The predicted octanol–water partition coefficient (Wildman–Crippen LogP) is 6.92. The fraction of sp³-hybridized carbons (Fsp3) is 0.385. The molecule has 1 heterocycles. The van der Waals surface area contributed by atoms with Gasteiger partial charge in [0.15, 0.2) is 0 Å². The summed E-state index contributed by atoms with van der Waals surface area (Å²) < 4.78 is 7.78. The first-order valence-electron chi connectivity index (χ1n) is 10.5. The number of hydrogen-bond acceptors (Lipinski definition) is 4. The van der Waals surface area contributed by atoms with E-state index in [0.717, 1.165) is 15.5 Å². The normalized spacial score (nSPS) is 12.1. The maximum absolute atomic E-state index is 13.0. The van der Waals surface area contributed by atoms with Crippen molar-refractivity contribution in [2.45, 2.75) is 76.1 Å². The first-order valence-corrected chi connectivity index (χ1v) is 11.4. The summed E-state index contributed by atoms with van der Waals surface area (Å²) in [6.07, 6.45) is 0. The summed E-state index contributed by atoms with van der Waals surface area (Å²) >= 11 is 1.57. The molecule has 0 amide bonds. The standard InChI is InChI=1S/C26H32N2O2S/c1-17-9-15-21(16-10-17)31-22-18(2)27-28(26(6,7)8)23(22)30-24(29)19-11-13-20(14-12-19)25(3,4)5/h9-16H,1-8H3. The van der Waals surface area contributed by atoms with E-state index in [0.29, 0.717) is 11.4 Å². The quantitative estimate of drug-likeness (QED) is 0.416. The minimum Gasteiger partial charge on any atom is -0.403 e. The number of nitrogens with zero attached hydrogens (tertiary/aromatic N) is 2. The van der Waals surface area contributed by atoms with E-state index in [-0.39, 0.29) is 16.9 Å². The minimum atomic E-state index is -0.378. The van der Waals surface area contributed by atoms with Gasteiger partial charge in [0.05, 0.1) is 21.7 Å². The van der Waals surface area contributed by atoms with Gasteiger partial charge in [-0.05, 0) is 69.9 Å². The average Bonchev–Trinajstić information content (AvgIpc) is 2.99. The molecule has 0 saturated heterocycles. The third-order valence-electron chi connectivity index (χ3n) is 5.02. The Morgan fingerprint density at radius 3 is 2.00 bits per heavy atom. The number of carbonyl (C=O) groups is 1. The lowest BCUT2D eigenvalue weighted by atomic mass is 9.87. The summed E-state index contributed by atoms with van der Waals surface area (Å²) in [6.45, 7) is 16.6. The summed E-state index contributed by atoms with van der Waals surface area (Å²) in [7, 11) is 0. The van der Waals surface area contributed by atoms with Crippen molar-refractivity contribution in [1.82, 2.24) is 9.78 Å². The lowest BCUT2D eigenvalue weighted by molar-refractivity contribution is 0.0704. The molecule has 4 nitrogen and oxygen atoms in total. The summed E-state index contributed by atoms with van der Waals surface area (Å²) in [6, 6.07) is 16.0. The third kappa shape index (κ3) is 5.40. The first-order chi connectivity index (χ1) is 14.4. The maximum Gasteiger partial charge on any atom is 0.344 e. The van der Waals surface area contributed by atoms with E-state index in [1.165, 1.54) is 11.1 Å². The van der Waals surface area contributed by atoms with Crippen LogP contribution in [0, 0.1) is 13.8 Å². The molecule has 0 aliphatic rings. The van der Waals surface area contributed by atoms with Crippen molar-refractivity contribution in [3.63, 3.8) is 0 Å². The van der Waals surface area contributed by atoms with Gasteiger partial charge in [-0.3, -0.25) is 0 Å². The third-order valence-corrected chi connectivity index (χ3v) is 6.20. The lowest BCUT2D eigenvalue weighted by Gasteiger charge is -2.22. The van der Waals surface area contributed by atoms with E-state index >= 15 is 0 Å². The zero-order valence-corrected chi connectivity index (χ0v) is 20.6. The molecular formula is C26H32N2O2S.